The summed E-state index contributed by atoms with van der Waals surface area (Å²) in [5.74, 6) is -0.713. The molecule has 1 heterocycles. The number of halogens is 3. The predicted octanol–water partition coefficient (Wildman–Crippen LogP) is 3.36. The van der Waals surface area contributed by atoms with Gasteiger partial charge in [0.25, 0.3) is 0 Å². The lowest BCUT2D eigenvalue weighted by atomic mass is 9.91. The van der Waals surface area contributed by atoms with Crippen molar-refractivity contribution in [1.29, 1.82) is 0 Å². The highest BCUT2D eigenvalue weighted by Gasteiger charge is 2.58. The minimum atomic E-state index is -4.60. The maximum absolute atomic E-state index is 13.0. The van der Waals surface area contributed by atoms with Crippen molar-refractivity contribution in [2.45, 2.75) is 51.1 Å². The van der Waals surface area contributed by atoms with E-state index in [0.717, 1.165) is 17.0 Å². The van der Waals surface area contributed by atoms with E-state index in [1.54, 1.807) is 13.8 Å². The molecule has 2 rings (SSSR count). The van der Waals surface area contributed by atoms with E-state index < -0.39 is 35.1 Å². The zero-order valence-electron chi connectivity index (χ0n) is 14.7. The van der Waals surface area contributed by atoms with Crippen LogP contribution in [0.5, 0.6) is 0 Å². The van der Waals surface area contributed by atoms with E-state index in [1.807, 2.05) is 0 Å². The van der Waals surface area contributed by atoms with Crippen LogP contribution in [0.1, 0.15) is 39.2 Å². The van der Waals surface area contributed by atoms with Gasteiger partial charge in [0.2, 0.25) is 5.91 Å². The topological polar surface area (TPSA) is 78.9 Å². The summed E-state index contributed by atoms with van der Waals surface area (Å²) in [6.07, 6.45) is -5.32. The molecule has 1 aliphatic heterocycles. The van der Waals surface area contributed by atoms with Gasteiger partial charge in [-0.3, -0.25) is 9.69 Å². The van der Waals surface area contributed by atoms with Crippen LogP contribution in [0.15, 0.2) is 24.3 Å². The number of benzene rings is 1. The first-order valence-electron chi connectivity index (χ1n) is 8.11. The molecule has 6 nitrogen and oxygen atoms in total. The van der Waals surface area contributed by atoms with Gasteiger partial charge in [-0.2, -0.15) is 13.2 Å². The zero-order chi connectivity index (χ0) is 19.8. The average Bonchev–Trinajstić information content (AvgIpc) is 2.70. The number of amides is 2. The Labute approximate surface area is 148 Å². The molecule has 2 atom stereocenters. The minimum absolute atomic E-state index is 0.193. The van der Waals surface area contributed by atoms with Gasteiger partial charge < -0.3 is 15.2 Å². The molecule has 9 heteroatoms. The number of carbonyl (C=O) groups is 2. The van der Waals surface area contributed by atoms with Crippen LogP contribution in [0.4, 0.5) is 23.7 Å². The molecule has 144 valence electrons. The molecule has 0 aliphatic carbocycles. The van der Waals surface area contributed by atoms with Crippen molar-refractivity contribution in [2.24, 2.45) is 0 Å². The Morgan fingerprint density at radius 2 is 1.92 bits per heavy atom. The van der Waals surface area contributed by atoms with Gasteiger partial charge in [0, 0.05) is 13.0 Å². The summed E-state index contributed by atoms with van der Waals surface area (Å²) in [5.41, 5.74) is -4.09. The van der Waals surface area contributed by atoms with E-state index in [1.165, 1.54) is 19.1 Å². The van der Waals surface area contributed by atoms with Gasteiger partial charge in [-0.15, -0.1) is 0 Å². The highest BCUT2D eigenvalue weighted by atomic mass is 19.4. The van der Waals surface area contributed by atoms with Gasteiger partial charge >= 0.3 is 12.3 Å². The first-order chi connectivity index (χ1) is 11.9. The normalized spacial score (nSPS) is 26.0. The molecular formula is C17H21F3N2O4. The Kier molecular flexibility index (Phi) is 5.23. The Morgan fingerprint density at radius 3 is 2.46 bits per heavy atom. The smallest absolute Gasteiger partial charge is 0.418 e. The maximum atomic E-state index is 13.0. The Balaban J connectivity index is 2.06. The number of cyclic esters (lactones) is 1. The third kappa shape index (κ3) is 3.62. The van der Waals surface area contributed by atoms with Crippen LogP contribution >= 0.6 is 0 Å². The molecular weight excluding hydrogens is 353 g/mol. The van der Waals surface area contributed by atoms with Gasteiger partial charge in [0.1, 0.15) is 0 Å². The number of hydrogen-bond acceptors (Lipinski definition) is 4. The molecule has 26 heavy (non-hydrogen) atoms. The average molecular weight is 374 g/mol. The SMILES string of the molecule is CC[C@]1(C)OC(=O)N(CCC(=O)Nc2ccccc2C(F)(F)F)[C@]1(C)O. The van der Waals surface area contributed by atoms with Gasteiger partial charge in [-0.1, -0.05) is 19.1 Å². The number of ether oxygens (including phenoxy) is 1. The van der Waals surface area contributed by atoms with Crippen LogP contribution in [0.3, 0.4) is 0 Å². The van der Waals surface area contributed by atoms with Crippen LogP contribution in [0.25, 0.3) is 0 Å². The molecule has 1 aromatic rings. The maximum Gasteiger partial charge on any atom is 0.418 e. The van der Waals surface area contributed by atoms with Crippen LogP contribution in [-0.2, 0) is 15.7 Å². The molecule has 1 aromatic carbocycles. The lowest BCUT2D eigenvalue weighted by molar-refractivity contribution is -0.139. The molecule has 0 bridgehead atoms. The fraction of sp³-hybridized carbons (Fsp3) is 0.529. The number of aliphatic hydroxyl groups is 1. The number of nitrogens with zero attached hydrogens (tertiary/aromatic N) is 1. The molecule has 2 N–H and O–H groups in total. The zero-order valence-corrected chi connectivity index (χ0v) is 14.7. The summed E-state index contributed by atoms with van der Waals surface area (Å²) in [5, 5.41) is 12.8. The minimum Gasteiger partial charge on any atom is -0.438 e. The number of alkyl halides is 3. The molecule has 1 aliphatic rings. The van der Waals surface area contributed by atoms with Crippen molar-refractivity contribution in [1.82, 2.24) is 4.90 Å². The third-order valence-corrected chi connectivity index (χ3v) is 4.80. The first kappa shape index (κ1) is 20.0. The fourth-order valence-corrected chi connectivity index (χ4v) is 2.79. The second kappa shape index (κ2) is 6.79. The highest BCUT2D eigenvalue weighted by molar-refractivity contribution is 5.92. The quantitative estimate of drug-likeness (QED) is 0.828. The summed E-state index contributed by atoms with van der Waals surface area (Å²) in [7, 11) is 0. The molecule has 2 amide bonds. The Bertz CT molecular complexity index is 705. The monoisotopic (exact) mass is 374 g/mol. The molecule has 0 aromatic heterocycles. The van der Waals surface area contributed by atoms with E-state index in [-0.39, 0.29) is 18.7 Å². The largest absolute Gasteiger partial charge is 0.438 e. The third-order valence-electron chi connectivity index (χ3n) is 4.80. The Hall–Kier alpha value is -2.29. The van der Waals surface area contributed by atoms with Gasteiger partial charge in [-0.25, -0.2) is 4.79 Å². The highest BCUT2D eigenvalue weighted by Crippen LogP contribution is 2.39. The fourth-order valence-electron chi connectivity index (χ4n) is 2.79. The number of hydrogen-bond donors (Lipinski definition) is 2. The summed E-state index contributed by atoms with van der Waals surface area (Å²) in [4.78, 5) is 25.0. The van der Waals surface area contributed by atoms with E-state index >= 15 is 0 Å². The van der Waals surface area contributed by atoms with Gasteiger partial charge in [0.15, 0.2) is 11.3 Å². The lowest BCUT2D eigenvalue weighted by Gasteiger charge is -2.36. The van der Waals surface area contributed by atoms with Crippen molar-refractivity contribution in [3.05, 3.63) is 29.8 Å². The molecule has 0 saturated carbocycles. The summed E-state index contributed by atoms with van der Waals surface area (Å²) < 4.78 is 44.1. The molecule has 0 radical (unpaired) electrons. The van der Waals surface area contributed by atoms with Gasteiger partial charge in [0.05, 0.1) is 11.3 Å². The Morgan fingerprint density at radius 1 is 1.31 bits per heavy atom. The van der Waals surface area contributed by atoms with Crippen molar-refractivity contribution >= 4 is 17.7 Å². The molecule has 1 saturated heterocycles. The standard InChI is InChI=1S/C17H21F3N2O4/c1-4-15(2)16(3,25)22(14(24)26-15)10-9-13(23)21-12-8-6-5-7-11(12)17(18,19)20/h5-8,25H,4,9-10H2,1-3H3,(H,21,23)/t15-,16+/m0/s1. The van der Waals surface area contributed by atoms with Crippen LogP contribution in [0.2, 0.25) is 0 Å². The summed E-state index contributed by atoms with van der Waals surface area (Å²) >= 11 is 0. The molecule has 0 unspecified atom stereocenters. The molecule has 1 fully saturated rings. The van der Waals surface area contributed by atoms with Crippen LogP contribution in [-0.4, -0.2) is 39.9 Å². The van der Waals surface area contributed by atoms with Crippen LogP contribution < -0.4 is 5.32 Å². The number of rotatable bonds is 5. The lowest BCUT2D eigenvalue weighted by Crippen LogP contribution is -2.55. The van der Waals surface area contributed by atoms with Gasteiger partial charge in [-0.05, 0) is 32.4 Å². The first-order valence-corrected chi connectivity index (χ1v) is 8.11. The van der Waals surface area contributed by atoms with E-state index in [2.05, 4.69) is 5.32 Å². The van der Waals surface area contributed by atoms with Crippen molar-refractivity contribution < 1.29 is 32.6 Å². The van der Waals surface area contributed by atoms with E-state index in [9.17, 15) is 27.9 Å². The molecule has 0 spiro atoms. The van der Waals surface area contributed by atoms with Crippen molar-refractivity contribution in [3.8, 4) is 0 Å². The van der Waals surface area contributed by atoms with Crippen molar-refractivity contribution in [3.63, 3.8) is 0 Å². The predicted molar refractivity (Wildman–Crippen MR) is 87.2 cm³/mol. The summed E-state index contributed by atoms with van der Waals surface area (Å²) in [6, 6.07) is 4.61. The number of nitrogens with one attached hydrogen (secondary N) is 1. The number of carbonyl (C=O) groups excluding carboxylic acids is 2. The number of anilines is 1. The number of para-hydroxylation sites is 1. The van der Waals surface area contributed by atoms with E-state index in [0.29, 0.717) is 6.42 Å². The summed E-state index contributed by atoms with van der Waals surface area (Å²) in [6.45, 7) is 4.52. The van der Waals surface area contributed by atoms with E-state index in [4.69, 9.17) is 4.74 Å². The second-order valence-corrected chi connectivity index (χ2v) is 6.47. The van der Waals surface area contributed by atoms with Crippen LogP contribution in [0, 0.1) is 0 Å². The van der Waals surface area contributed by atoms with Crippen molar-refractivity contribution in [2.75, 3.05) is 11.9 Å². The second-order valence-electron chi connectivity index (χ2n) is 6.47.